The number of imidazole rings is 1. The summed E-state index contributed by atoms with van der Waals surface area (Å²) in [5.74, 6) is 0. The van der Waals surface area contributed by atoms with E-state index in [4.69, 9.17) is 4.74 Å². The molecule has 0 atom stereocenters. The highest BCUT2D eigenvalue weighted by Gasteiger charge is 2.25. The number of carbonyl (C=O) groups is 1. The van der Waals surface area contributed by atoms with Crippen LogP contribution in [0.1, 0.15) is 20.8 Å². The number of rotatable bonds is 2. The van der Waals surface area contributed by atoms with Crippen LogP contribution in [0.25, 0.3) is 0 Å². The predicted octanol–water partition coefficient (Wildman–Crippen LogP) is 1.39. The van der Waals surface area contributed by atoms with Gasteiger partial charge in [-0.2, -0.15) is 0 Å². The van der Waals surface area contributed by atoms with Gasteiger partial charge in [-0.3, -0.25) is 4.90 Å². The van der Waals surface area contributed by atoms with Gasteiger partial charge in [-0.15, -0.1) is 0 Å². The van der Waals surface area contributed by atoms with E-state index in [0.717, 1.165) is 19.8 Å². The Morgan fingerprint density at radius 3 is 2.47 bits per heavy atom. The van der Waals surface area contributed by atoms with Gasteiger partial charge in [0.05, 0.1) is 13.0 Å². The molecule has 1 fully saturated rings. The van der Waals surface area contributed by atoms with Crippen molar-refractivity contribution in [1.29, 1.82) is 0 Å². The van der Waals surface area contributed by atoms with Crippen molar-refractivity contribution >= 4 is 6.09 Å². The number of ether oxygens (including phenoxy) is 1. The fraction of sp³-hybridized carbons (Fsp3) is 0.692. The molecule has 106 valence electrons. The maximum Gasteiger partial charge on any atom is 0.410 e. The van der Waals surface area contributed by atoms with Gasteiger partial charge in [0.25, 0.3) is 0 Å². The summed E-state index contributed by atoms with van der Waals surface area (Å²) in [7, 11) is 0. The van der Waals surface area contributed by atoms with Crippen LogP contribution >= 0.6 is 0 Å². The molecule has 6 heteroatoms. The van der Waals surface area contributed by atoms with Crippen molar-refractivity contribution in [3.8, 4) is 0 Å². The van der Waals surface area contributed by atoms with Gasteiger partial charge in [-0.05, 0) is 20.8 Å². The molecule has 0 unspecified atom stereocenters. The van der Waals surface area contributed by atoms with Gasteiger partial charge in [0, 0.05) is 38.6 Å². The number of amides is 1. The van der Waals surface area contributed by atoms with Crippen molar-refractivity contribution in [2.75, 3.05) is 26.2 Å². The van der Waals surface area contributed by atoms with Crippen molar-refractivity contribution in [2.45, 2.75) is 33.0 Å². The second kappa shape index (κ2) is 5.61. The van der Waals surface area contributed by atoms with Crippen LogP contribution in [0.2, 0.25) is 0 Å². The van der Waals surface area contributed by atoms with E-state index in [9.17, 15) is 4.79 Å². The molecule has 6 nitrogen and oxygen atoms in total. The second-order valence-corrected chi connectivity index (χ2v) is 5.80. The number of carbonyl (C=O) groups excluding carboxylic acids is 1. The molecular weight excluding hydrogens is 244 g/mol. The lowest BCUT2D eigenvalue weighted by molar-refractivity contribution is 0.0118. The average Bonchev–Trinajstić information content (AvgIpc) is 2.80. The Kier molecular flexibility index (Phi) is 4.09. The highest BCUT2D eigenvalue weighted by Crippen LogP contribution is 2.12. The highest BCUT2D eigenvalue weighted by atomic mass is 16.6. The predicted molar refractivity (Wildman–Crippen MR) is 71.6 cm³/mol. The van der Waals surface area contributed by atoms with Crippen LogP contribution in [0.3, 0.4) is 0 Å². The third kappa shape index (κ3) is 4.24. The van der Waals surface area contributed by atoms with Crippen molar-refractivity contribution < 1.29 is 9.53 Å². The summed E-state index contributed by atoms with van der Waals surface area (Å²) < 4.78 is 7.40. The molecule has 1 amide bonds. The van der Waals surface area contributed by atoms with Crippen molar-refractivity contribution in [1.82, 2.24) is 19.4 Å². The summed E-state index contributed by atoms with van der Waals surface area (Å²) in [5.41, 5.74) is -0.426. The van der Waals surface area contributed by atoms with E-state index < -0.39 is 5.60 Å². The smallest absolute Gasteiger partial charge is 0.410 e. The summed E-state index contributed by atoms with van der Waals surface area (Å²) in [6.45, 7) is 9.63. The number of nitrogens with zero attached hydrogens (tertiary/aromatic N) is 4. The molecule has 0 saturated carbocycles. The van der Waals surface area contributed by atoms with Gasteiger partial charge in [-0.1, -0.05) is 0 Å². The summed E-state index contributed by atoms with van der Waals surface area (Å²) in [5, 5.41) is 0. The third-order valence-corrected chi connectivity index (χ3v) is 2.95. The van der Waals surface area contributed by atoms with Crippen molar-refractivity contribution in [2.24, 2.45) is 0 Å². The average molecular weight is 266 g/mol. The first-order valence-electron chi connectivity index (χ1n) is 6.60. The standard InChI is InChI=1S/C13H22N4O2/c1-13(2,3)19-12(18)17-8-6-15(7-9-17)11-16-5-4-14-10-16/h4-5,10H,6-9,11H2,1-3H3. The van der Waals surface area contributed by atoms with E-state index in [1.54, 1.807) is 17.4 Å². The molecule has 1 aliphatic heterocycles. The number of hydrogen-bond donors (Lipinski definition) is 0. The molecule has 0 aliphatic carbocycles. The Morgan fingerprint density at radius 2 is 1.95 bits per heavy atom. The number of hydrogen-bond acceptors (Lipinski definition) is 4. The fourth-order valence-electron chi connectivity index (χ4n) is 2.00. The lowest BCUT2D eigenvalue weighted by atomic mass is 10.2. The molecular formula is C13H22N4O2. The summed E-state index contributed by atoms with van der Waals surface area (Å²) in [6, 6.07) is 0. The molecule has 2 rings (SSSR count). The molecule has 19 heavy (non-hydrogen) atoms. The number of piperazine rings is 1. The minimum atomic E-state index is -0.426. The van der Waals surface area contributed by atoms with E-state index in [0.29, 0.717) is 13.1 Å². The first-order chi connectivity index (χ1) is 8.94. The van der Waals surface area contributed by atoms with Crippen LogP contribution < -0.4 is 0 Å². The first kappa shape index (κ1) is 13.9. The molecule has 1 saturated heterocycles. The van der Waals surface area contributed by atoms with E-state index in [1.165, 1.54) is 0 Å². The number of aromatic nitrogens is 2. The summed E-state index contributed by atoms with van der Waals surface area (Å²) in [4.78, 5) is 20.0. The van der Waals surface area contributed by atoms with Crippen LogP contribution in [-0.4, -0.2) is 57.2 Å². The first-order valence-corrected chi connectivity index (χ1v) is 6.60. The van der Waals surface area contributed by atoms with Crippen molar-refractivity contribution in [3.63, 3.8) is 0 Å². The molecule has 1 aromatic heterocycles. The Morgan fingerprint density at radius 1 is 1.26 bits per heavy atom. The Balaban J connectivity index is 1.77. The largest absolute Gasteiger partial charge is 0.444 e. The van der Waals surface area contributed by atoms with Crippen molar-refractivity contribution in [3.05, 3.63) is 18.7 Å². The molecule has 0 aromatic carbocycles. The maximum absolute atomic E-state index is 11.9. The lowest BCUT2D eigenvalue weighted by Gasteiger charge is -2.35. The molecule has 0 N–H and O–H groups in total. The molecule has 0 radical (unpaired) electrons. The topological polar surface area (TPSA) is 50.6 Å². The second-order valence-electron chi connectivity index (χ2n) is 5.80. The van der Waals surface area contributed by atoms with Gasteiger partial charge >= 0.3 is 6.09 Å². The van der Waals surface area contributed by atoms with Gasteiger partial charge in [0.15, 0.2) is 0 Å². The minimum Gasteiger partial charge on any atom is -0.444 e. The quantitative estimate of drug-likeness (QED) is 0.812. The molecule has 0 bridgehead atoms. The Bertz CT molecular complexity index is 403. The van der Waals surface area contributed by atoms with E-state index in [2.05, 4.69) is 9.88 Å². The zero-order chi connectivity index (χ0) is 13.9. The molecule has 2 heterocycles. The van der Waals surface area contributed by atoms with Crippen LogP contribution in [0.15, 0.2) is 18.7 Å². The van der Waals surface area contributed by atoms with E-state index in [1.807, 2.05) is 31.5 Å². The SMILES string of the molecule is CC(C)(C)OC(=O)N1CCN(Cn2ccnc2)CC1. The summed E-state index contributed by atoms with van der Waals surface area (Å²) >= 11 is 0. The third-order valence-electron chi connectivity index (χ3n) is 2.95. The summed E-state index contributed by atoms with van der Waals surface area (Å²) in [6.07, 6.45) is 5.31. The molecule has 0 spiro atoms. The monoisotopic (exact) mass is 266 g/mol. The Hall–Kier alpha value is -1.56. The maximum atomic E-state index is 11.9. The van der Waals surface area contributed by atoms with Gasteiger partial charge in [-0.25, -0.2) is 9.78 Å². The van der Waals surface area contributed by atoms with E-state index >= 15 is 0 Å². The zero-order valence-corrected chi connectivity index (χ0v) is 11.9. The van der Waals surface area contributed by atoms with Crippen LogP contribution in [-0.2, 0) is 11.4 Å². The minimum absolute atomic E-state index is 0.213. The van der Waals surface area contributed by atoms with Gasteiger partial charge < -0.3 is 14.2 Å². The highest BCUT2D eigenvalue weighted by molar-refractivity contribution is 5.68. The lowest BCUT2D eigenvalue weighted by Crippen LogP contribution is -2.50. The fourth-order valence-corrected chi connectivity index (χ4v) is 2.00. The normalized spacial score (nSPS) is 17.5. The van der Waals surface area contributed by atoms with Crippen LogP contribution in [0.5, 0.6) is 0 Å². The molecule has 1 aliphatic rings. The van der Waals surface area contributed by atoms with Crippen LogP contribution in [0.4, 0.5) is 4.79 Å². The zero-order valence-electron chi connectivity index (χ0n) is 11.9. The van der Waals surface area contributed by atoms with Gasteiger partial charge in [0.2, 0.25) is 0 Å². The van der Waals surface area contributed by atoms with E-state index in [-0.39, 0.29) is 6.09 Å². The molecule has 1 aromatic rings. The Labute approximate surface area is 114 Å². The van der Waals surface area contributed by atoms with Crippen LogP contribution in [0, 0.1) is 0 Å². The van der Waals surface area contributed by atoms with Gasteiger partial charge in [0.1, 0.15) is 5.60 Å².